The normalized spacial score (nSPS) is 13.9. The van der Waals surface area contributed by atoms with E-state index in [1.54, 1.807) is 41.3 Å². The first-order valence-electron chi connectivity index (χ1n) is 10.9. The van der Waals surface area contributed by atoms with Crippen LogP contribution >= 0.6 is 0 Å². The first-order chi connectivity index (χ1) is 16.1. The molecule has 164 valence electrons. The van der Waals surface area contributed by atoms with Gasteiger partial charge in [0, 0.05) is 17.6 Å². The summed E-state index contributed by atoms with van der Waals surface area (Å²) in [5, 5.41) is 3.43. The molecule has 1 aliphatic rings. The highest BCUT2D eigenvalue weighted by Gasteiger charge is 2.31. The molecule has 0 fully saturated rings. The first-order valence-corrected chi connectivity index (χ1v) is 10.9. The average molecular weight is 438 g/mol. The Kier molecular flexibility index (Phi) is 5.48. The number of nitrogens with zero attached hydrogens (tertiary/aromatic N) is 1. The highest BCUT2D eigenvalue weighted by Crippen LogP contribution is 2.29. The summed E-state index contributed by atoms with van der Waals surface area (Å²) in [7, 11) is 0. The number of hydrogen-bond donors (Lipinski definition) is 1. The fourth-order valence-corrected chi connectivity index (χ4v) is 4.28. The molecule has 1 unspecified atom stereocenters. The average Bonchev–Trinajstić information content (AvgIpc) is 2.86. The Morgan fingerprint density at radius 3 is 2.48 bits per heavy atom. The number of fused-ring (bicyclic) bond motifs is 2. The maximum Gasteiger partial charge on any atom is 0.349 e. The summed E-state index contributed by atoms with van der Waals surface area (Å²) in [6, 6.07) is 24.4. The highest BCUT2D eigenvalue weighted by molar-refractivity contribution is 6.04. The molecule has 2 amide bonds. The molecule has 1 N–H and O–H groups in total. The Balaban J connectivity index is 1.51. The van der Waals surface area contributed by atoms with Gasteiger partial charge in [-0.15, -0.1) is 0 Å². The Morgan fingerprint density at radius 2 is 1.64 bits per heavy atom. The van der Waals surface area contributed by atoms with Crippen LogP contribution in [0.3, 0.4) is 0 Å². The topological polar surface area (TPSA) is 79.6 Å². The van der Waals surface area contributed by atoms with Crippen molar-refractivity contribution in [1.29, 1.82) is 0 Å². The lowest BCUT2D eigenvalue weighted by Gasteiger charge is -2.32. The number of benzene rings is 3. The summed E-state index contributed by atoms with van der Waals surface area (Å²) in [6.07, 6.45) is 1.74. The van der Waals surface area contributed by atoms with E-state index in [1.165, 1.54) is 6.07 Å². The zero-order valence-electron chi connectivity index (χ0n) is 17.9. The van der Waals surface area contributed by atoms with Gasteiger partial charge in [0.25, 0.3) is 11.8 Å². The van der Waals surface area contributed by atoms with Crippen molar-refractivity contribution in [2.45, 2.75) is 18.9 Å². The van der Waals surface area contributed by atoms with Crippen molar-refractivity contribution in [1.82, 2.24) is 5.32 Å². The van der Waals surface area contributed by atoms with Gasteiger partial charge in [-0.1, -0.05) is 66.7 Å². The minimum Gasteiger partial charge on any atom is -0.422 e. The van der Waals surface area contributed by atoms with E-state index in [2.05, 4.69) is 5.32 Å². The number of carbonyl (C=O) groups excluding carboxylic acids is 2. The molecular weight excluding hydrogens is 416 g/mol. The quantitative estimate of drug-likeness (QED) is 0.483. The van der Waals surface area contributed by atoms with E-state index in [-0.39, 0.29) is 11.5 Å². The lowest BCUT2D eigenvalue weighted by Crippen LogP contribution is -2.45. The SMILES string of the molecule is O=C(NC(C(=O)N1CCCc2ccccc21)c1ccccc1)c1cc2ccccc2oc1=O. The van der Waals surface area contributed by atoms with Crippen molar-refractivity contribution in [3.05, 3.63) is 112 Å². The number of aryl methyl sites for hydroxylation is 1. The van der Waals surface area contributed by atoms with Gasteiger partial charge in [-0.3, -0.25) is 9.59 Å². The van der Waals surface area contributed by atoms with Crippen LogP contribution in [0.15, 0.2) is 94.1 Å². The second-order valence-corrected chi connectivity index (χ2v) is 8.02. The molecule has 33 heavy (non-hydrogen) atoms. The Hall–Kier alpha value is -4.19. The third-order valence-electron chi connectivity index (χ3n) is 5.92. The Morgan fingerprint density at radius 1 is 0.909 bits per heavy atom. The maximum atomic E-state index is 13.7. The van der Waals surface area contributed by atoms with Gasteiger partial charge in [0.15, 0.2) is 0 Å². The van der Waals surface area contributed by atoms with Crippen molar-refractivity contribution >= 4 is 28.5 Å². The molecule has 4 aromatic rings. The minimum absolute atomic E-state index is 0.138. The van der Waals surface area contributed by atoms with E-state index in [1.807, 2.05) is 42.5 Å². The van der Waals surface area contributed by atoms with Gasteiger partial charge >= 0.3 is 5.63 Å². The number of nitrogens with one attached hydrogen (secondary N) is 1. The van der Waals surface area contributed by atoms with Crippen molar-refractivity contribution in [3.63, 3.8) is 0 Å². The fraction of sp³-hybridized carbons (Fsp3) is 0.148. The number of amides is 2. The predicted molar refractivity (Wildman–Crippen MR) is 126 cm³/mol. The summed E-state index contributed by atoms with van der Waals surface area (Å²) >= 11 is 0. The summed E-state index contributed by atoms with van der Waals surface area (Å²) in [5.41, 5.74) is 2.12. The van der Waals surface area contributed by atoms with Crippen LogP contribution in [0.2, 0.25) is 0 Å². The molecule has 6 nitrogen and oxygen atoms in total. The van der Waals surface area contributed by atoms with E-state index in [4.69, 9.17) is 4.42 Å². The number of carbonyl (C=O) groups is 2. The number of anilines is 1. The summed E-state index contributed by atoms with van der Waals surface area (Å²) in [6.45, 7) is 0.563. The third-order valence-corrected chi connectivity index (χ3v) is 5.92. The van der Waals surface area contributed by atoms with Crippen LogP contribution in [0, 0.1) is 0 Å². The van der Waals surface area contributed by atoms with Crippen molar-refractivity contribution < 1.29 is 14.0 Å². The van der Waals surface area contributed by atoms with E-state index < -0.39 is 17.6 Å². The second-order valence-electron chi connectivity index (χ2n) is 8.02. The molecular formula is C27H22N2O4. The molecule has 5 rings (SSSR count). The molecule has 0 saturated heterocycles. The molecule has 2 heterocycles. The first kappa shape index (κ1) is 20.7. The summed E-state index contributed by atoms with van der Waals surface area (Å²) in [4.78, 5) is 41.1. The zero-order valence-corrected chi connectivity index (χ0v) is 17.9. The van der Waals surface area contributed by atoms with Crippen LogP contribution in [0.5, 0.6) is 0 Å². The Labute approximate surface area is 190 Å². The van der Waals surface area contributed by atoms with Crippen LogP contribution in [-0.2, 0) is 11.2 Å². The zero-order chi connectivity index (χ0) is 22.8. The largest absolute Gasteiger partial charge is 0.422 e. The smallest absolute Gasteiger partial charge is 0.349 e. The van der Waals surface area contributed by atoms with Crippen molar-refractivity contribution in [2.75, 3.05) is 11.4 Å². The number of rotatable bonds is 4. The van der Waals surface area contributed by atoms with Crippen LogP contribution in [-0.4, -0.2) is 18.4 Å². The lowest BCUT2D eigenvalue weighted by molar-refractivity contribution is -0.120. The van der Waals surface area contributed by atoms with Gasteiger partial charge in [0.1, 0.15) is 17.2 Å². The number of para-hydroxylation sites is 2. The van der Waals surface area contributed by atoms with Gasteiger partial charge in [-0.2, -0.15) is 0 Å². The van der Waals surface area contributed by atoms with E-state index in [0.29, 0.717) is 23.1 Å². The van der Waals surface area contributed by atoms with Crippen LogP contribution in [0.4, 0.5) is 5.69 Å². The van der Waals surface area contributed by atoms with E-state index in [9.17, 15) is 14.4 Å². The molecule has 6 heteroatoms. The van der Waals surface area contributed by atoms with Gasteiger partial charge < -0.3 is 14.6 Å². The summed E-state index contributed by atoms with van der Waals surface area (Å²) < 4.78 is 5.31. The van der Waals surface area contributed by atoms with Gasteiger partial charge in [0.2, 0.25) is 0 Å². The van der Waals surface area contributed by atoms with Gasteiger partial charge in [-0.25, -0.2) is 4.79 Å². The standard InChI is InChI=1S/C27H22N2O4/c30-25(21-17-20-12-5-7-15-23(20)33-27(21)32)28-24(19-10-2-1-3-11-19)26(31)29-16-8-13-18-9-4-6-14-22(18)29/h1-7,9-12,14-15,17,24H,8,13,16H2,(H,28,30). The Bertz CT molecular complexity index is 1390. The van der Waals surface area contributed by atoms with E-state index >= 15 is 0 Å². The minimum atomic E-state index is -0.948. The molecule has 1 aliphatic heterocycles. The highest BCUT2D eigenvalue weighted by atomic mass is 16.4. The molecule has 1 atom stereocenters. The molecule has 0 bridgehead atoms. The third kappa shape index (κ3) is 4.03. The molecule has 0 spiro atoms. The van der Waals surface area contributed by atoms with Crippen LogP contribution in [0.25, 0.3) is 11.0 Å². The van der Waals surface area contributed by atoms with Crippen molar-refractivity contribution in [3.8, 4) is 0 Å². The maximum absolute atomic E-state index is 13.7. The van der Waals surface area contributed by atoms with E-state index in [0.717, 1.165) is 24.1 Å². The molecule has 1 aromatic heterocycles. The van der Waals surface area contributed by atoms with Gasteiger partial charge in [0.05, 0.1) is 0 Å². The summed E-state index contributed by atoms with van der Waals surface area (Å²) in [5.74, 6) is -0.895. The predicted octanol–water partition coefficient (Wildman–Crippen LogP) is 4.24. The number of hydrogen-bond acceptors (Lipinski definition) is 4. The van der Waals surface area contributed by atoms with Crippen LogP contribution < -0.4 is 15.8 Å². The lowest BCUT2D eigenvalue weighted by atomic mass is 9.99. The van der Waals surface area contributed by atoms with Crippen molar-refractivity contribution in [2.24, 2.45) is 0 Å². The second kappa shape index (κ2) is 8.74. The molecule has 0 saturated carbocycles. The monoisotopic (exact) mass is 438 g/mol. The fourth-order valence-electron chi connectivity index (χ4n) is 4.28. The molecule has 0 radical (unpaired) electrons. The van der Waals surface area contributed by atoms with Crippen LogP contribution in [0.1, 0.15) is 33.9 Å². The van der Waals surface area contributed by atoms with Gasteiger partial charge in [-0.05, 0) is 42.2 Å². The molecule has 0 aliphatic carbocycles. The molecule has 3 aromatic carbocycles.